The fourth-order valence-electron chi connectivity index (χ4n) is 2.23. The number of para-hydroxylation sites is 1. The lowest BCUT2D eigenvalue weighted by Gasteiger charge is -2.11. The maximum atomic E-state index is 12.1. The minimum atomic E-state index is -2.93. The summed E-state index contributed by atoms with van der Waals surface area (Å²) in [4.78, 5) is 12.1. The first-order valence-corrected chi connectivity index (χ1v) is 7.76. The topological polar surface area (TPSA) is 52.6 Å². The lowest BCUT2D eigenvalue weighted by atomic mass is 10.0. The quantitative estimate of drug-likeness (QED) is 0.793. The number of aryl methyl sites for hydroxylation is 3. The van der Waals surface area contributed by atoms with Gasteiger partial charge in [0.2, 0.25) is 0 Å². The van der Waals surface area contributed by atoms with Crippen LogP contribution in [0.5, 0.6) is 5.75 Å². The molecule has 0 aliphatic rings. The summed E-state index contributed by atoms with van der Waals surface area (Å²) in [7, 11) is -2.93. The minimum Gasteiger partial charge on any atom is -0.418 e. The van der Waals surface area contributed by atoms with Crippen molar-refractivity contribution in [2.75, 3.05) is 0 Å². The molecule has 21 heavy (non-hydrogen) atoms. The molecule has 0 saturated heterocycles. The van der Waals surface area contributed by atoms with Crippen molar-refractivity contribution in [2.45, 2.75) is 20.8 Å². The van der Waals surface area contributed by atoms with Crippen LogP contribution in [-0.2, 0) is 9.09 Å². The van der Waals surface area contributed by atoms with E-state index in [0.717, 1.165) is 16.7 Å². The molecule has 0 aliphatic carbocycles. The number of hydrogen-bond acceptors (Lipinski definition) is 4. The van der Waals surface area contributed by atoms with E-state index < -0.39 is 14.2 Å². The Morgan fingerprint density at radius 1 is 1.00 bits per heavy atom. The fourth-order valence-corrected chi connectivity index (χ4v) is 2.86. The van der Waals surface area contributed by atoms with Crippen LogP contribution in [-0.4, -0.2) is 5.97 Å². The third-order valence-corrected chi connectivity index (χ3v) is 3.76. The Morgan fingerprint density at radius 2 is 1.57 bits per heavy atom. The van der Waals surface area contributed by atoms with Crippen LogP contribution in [0.25, 0.3) is 0 Å². The van der Waals surface area contributed by atoms with Crippen LogP contribution in [0.1, 0.15) is 27.0 Å². The van der Waals surface area contributed by atoms with Gasteiger partial charge in [0, 0.05) is 0 Å². The summed E-state index contributed by atoms with van der Waals surface area (Å²) in [5, 5.41) is 0. The fraction of sp³-hybridized carbons (Fsp3) is 0.188. The number of carbonyl (C=O) groups is 1. The second-order valence-corrected chi connectivity index (χ2v) is 5.74. The van der Waals surface area contributed by atoms with Crippen molar-refractivity contribution >= 4 is 14.2 Å². The molecule has 0 heterocycles. The van der Waals surface area contributed by atoms with Gasteiger partial charge in [-0.25, -0.2) is 9.36 Å². The summed E-state index contributed by atoms with van der Waals surface area (Å²) in [5.74, 6) is -0.212. The molecule has 0 radical (unpaired) electrons. The van der Waals surface area contributed by atoms with Crippen molar-refractivity contribution < 1.29 is 18.4 Å². The van der Waals surface area contributed by atoms with E-state index in [9.17, 15) is 9.36 Å². The molecule has 0 N–H and O–H groups in total. The molecule has 1 atom stereocenters. The maximum absolute atomic E-state index is 12.1. The molecule has 2 aromatic rings. The molecule has 0 bridgehead atoms. The van der Waals surface area contributed by atoms with E-state index in [2.05, 4.69) is 0 Å². The summed E-state index contributed by atoms with van der Waals surface area (Å²) in [6.45, 7) is 5.61. The Hall–Kier alpha value is -2.06. The lowest BCUT2D eigenvalue weighted by Crippen LogP contribution is -2.07. The molecule has 2 rings (SSSR count). The second kappa shape index (κ2) is 6.59. The van der Waals surface area contributed by atoms with E-state index in [1.54, 1.807) is 24.3 Å². The Morgan fingerprint density at radius 3 is 2.14 bits per heavy atom. The van der Waals surface area contributed by atoms with E-state index in [1.807, 2.05) is 39.0 Å². The number of hydrogen-bond donors (Lipinski definition) is 0. The highest BCUT2D eigenvalue weighted by molar-refractivity contribution is 7.34. The molecule has 0 aromatic heterocycles. The summed E-state index contributed by atoms with van der Waals surface area (Å²) in [6, 6.07) is 12.4. The Balaban J connectivity index is 2.10. The van der Waals surface area contributed by atoms with Gasteiger partial charge in [-0.2, -0.15) is 0 Å². The largest absolute Gasteiger partial charge is 0.421 e. The van der Waals surface area contributed by atoms with E-state index in [-0.39, 0.29) is 0 Å². The highest BCUT2D eigenvalue weighted by Crippen LogP contribution is 2.30. The average Bonchev–Trinajstić information content (AvgIpc) is 2.38. The first kappa shape index (κ1) is 15.3. The zero-order valence-electron chi connectivity index (χ0n) is 12.2. The third kappa shape index (κ3) is 3.96. The van der Waals surface area contributed by atoms with Crippen molar-refractivity contribution in [1.82, 2.24) is 0 Å². The zero-order chi connectivity index (χ0) is 15.4. The Bertz CT molecular complexity index is 657. The van der Waals surface area contributed by atoms with Gasteiger partial charge >= 0.3 is 14.2 Å². The van der Waals surface area contributed by atoms with Crippen LogP contribution in [0, 0.1) is 20.8 Å². The van der Waals surface area contributed by atoms with Crippen LogP contribution in [0.2, 0.25) is 0 Å². The highest BCUT2D eigenvalue weighted by Gasteiger charge is 2.17. The normalized spacial score (nSPS) is 11.8. The van der Waals surface area contributed by atoms with Crippen LogP contribution >= 0.6 is 8.25 Å². The van der Waals surface area contributed by atoms with E-state index in [1.165, 1.54) is 0 Å². The second-order valence-electron chi connectivity index (χ2n) is 4.83. The van der Waals surface area contributed by atoms with Crippen LogP contribution in [0.3, 0.4) is 0 Å². The van der Waals surface area contributed by atoms with Crippen LogP contribution < -0.4 is 4.52 Å². The molecule has 2 aromatic carbocycles. The SMILES string of the molecule is Cc1cc(C)c(C(=O)O[PH](=O)Oc2ccccc2)c(C)c1. The van der Waals surface area contributed by atoms with Gasteiger partial charge in [0.25, 0.3) is 0 Å². The van der Waals surface area contributed by atoms with Crippen molar-refractivity contribution in [1.29, 1.82) is 0 Å². The maximum Gasteiger partial charge on any atom is 0.421 e. The minimum absolute atomic E-state index is 0.409. The zero-order valence-corrected chi connectivity index (χ0v) is 13.2. The molecule has 4 nitrogen and oxygen atoms in total. The molecular formula is C16H17O4P. The number of rotatable bonds is 4. The number of carbonyl (C=O) groups excluding carboxylic acids is 1. The molecule has 0 spiro atoms. The van der Waals surface area contributed by atoms with Gasteiger partial charge in [-0.3, -0.25) is 0 Å². The van der Waals surface area contributed by atoms with Gasteiger partial charge < -0.3 is 9.05 Å². The van der Waals surface area contributed by atoms with Crippen molar-refractivity contribution in [3.63, 3.8) is 0 Å². The highest BCUT2D eigenvalue weighted by atomic mass is 31.1. The van der Waals surface area contributed by atoms with Gasteiger partial charge in [-0.15, -0.1) is 0 Å². The Labute approximate surface area is 124 Å². The van der Waals surface area contributed by atoms with Gasteiger partial charge in [-0.1, -0.05) is 35.9 Å². The van der Waals surface area contributed by atoms with Gasteiger partial charge in [0.15, 0.2) is 0 Å². The molecule has 0 amide bonds. The molecule has 5 heteroatoms. The van der Waals surface area contributed by atoms with E-state index >= 15 is 0 Å². The first-order valence-electron chi connectivity index (χ1n) is 6.54. The summed E-state index contributed by atoms with van der Waals surface area (Å²) < 4.78 is 21.8. The lowest BCUT2D eigenvalue weighted by molar-refractivity contribution is 0.0731. The summed E-state index contributed by atoms with van der Waals surface area (Å²) >= 11 is 0. The van der Waals surface area contributed by atoms with Crippen molar-refractivity contribution in [2.24, 2.45) is 0 Å². The predicted molar refractivity (Wildman–Crippen MR) is 82.1 cm³/mol. The average molecular weight is 304 g/mol. The van der Waals surface area contributed by atoms with Gasteiger partial charge in [-0.05, 0) is 44.0 Å². The standard InChI is InChI=1S/C16H17O4P/c1-11-9-12(2)15(13(3)10-11)16(17)20-21(18)19-14-7-5-4-6-8-14/h4-10,21H,1-3H3. The monoisotopic (exact) mass is 304 g/mol. The van der Waals surface area contributed by atoms with E-state index in [4.69, 9.17) is 9.05 Å². The van der Waals surface area contributed by atoms with Crippen LogP contribution in [0.15, 0.2) is 42.5 Å². The van der Waals surface area contributed by atoms with Gasteiger partial charge in [0.1, 0.15) is 5.75 Å². The van der Waals surface area contributed by atoms with Gasteiger partial charge in [0.05, 0.1) is 5.56 Å². The third-order valence-electron chi connectivity index (χ3n) is 3.00. The summed E-state index contributed by atoms with van der Waals surface area (Å²) in [6.07, 6.45) is 0. The molecule has 0 fully saturated rings. The first-order chi connectivity index (χ1) is 9.97. The predicted octanol–water partition coefficient (Wildman–Crippen LogP) is 4.24. The molecule has 0 saturated carbocycles. The Kier molecular flexibility index (Phi) is 4.81. The molecule has 1 unspecified atom stereocenters. The smallest absolute Gasteiger partial charge is 0.418 e. The molecule has 0 aliphatic heterocycles. The van der Waals surface area contributed by atoms with Crippen LogP contribution in [0.4, 0.5) is 0 Å². The molecular weight excluding hydrogens is 287 g/mol. The van der Waals surface area contributed by atoms with Crippen molar-refractivity contribution in [3.05, 3.63) is 64.7 Å². The summed E-state index contributed by atoms with van der Waals surface area (Å²) in [5.41, 5.74) is 3.10. The number of benzene rings is 2. The van der Waals surface area contributed by atoms with Crippen molar-refractivity contribution in [3.8, 4) is 5.75 Å². The molecule has 110 valence electrons. The van der Waals surface area contributed by atoms with E-state index in [0.29, 0.717) is 11.3 Å².